The van der Waals surface area contributed by atoms with E-state index < -0.39 is 39.7 Å². The minimum absolute atomic E-state index is 0.171. The molecule has 48 heavy (non-hydrogen) atoms. The minimum atomic E-state index is -3.67. The van der Waals surface area contributed by atoms with Crippen LogP contribution in [0.15, 0.2) is 54.7 Å². The minimum Gasteiger partial charge on any atom is -0.361 e. The van der Waals surface area contributed by atoms with Crippen LogP contribution in [-0.2, 0) is 42.1 Å². The maximum Gasteiger partial charge on any atom is 0.280 e. The van der Waals surface area contributed by atoms with Gasteiger partial charge in [-0.25, -0.2) is 0 Å². The van der Waals surface area contributed by atoms with Crippen molar-refractivity contribution in [3.8, 4) is 0 Å². The molecule has 0 spiro atoms. The SMILES string of the molecule is CN1C[C@H](C(=O)N[C@]2(C)O[C@@]3(O)[C@@H]4CCCN4C(=O)[C@H](Cc4ccccc4)N3C2=O)C[C@H]2c3cccc4[nH]cc(c34)C[C@H]21.CS(=O)(=O)O. The van der Waals surface area contributed by atoms with Crippen molar-refractivity contribution in [3.05, 3.63) is 71.4 Å². The molecule has 4 aliphatic heterocycles. The fourth-order valence-electron chi connectivity index (χ4n) is 8.65. The third-order valence-corrected chi connectivity index (χ3v) is 10.6. The van der Waals surface area contributed by atoms with Crippen molar-refractivity contribution in [1.29, 1.82) is 0 Å². The highest BCUT2D eigenvalue weighted by Gasteiger charge is 2.70. The quantitative estimate of drug-likeness (QED) is 0.299. The lowest BCUT2D eigenvalue weighted by atomic mass is 9.72. The molecule has 13 nitrogen and oxygen atoms in total. The van der Waals surface area contributed by atoms with Crippen molar-refractivity contribution in [1.82, 2.24) is 25.0 Å². The van der Waals surface area contributed by atoms with Gasteiger partial charge in [-0.2, -0.15) is 8.42 Å². The Labute approximate surface area is 279 Å². The van der Waals surface area contributed by atoms with E-state index in [9.17, 15) is 27.9 Å². The van der Waals surface area contributed by atoms with E-state index in [2.05, 4.69) is 46.6 Å². The number of likely N-dealkylation sites (tertiary alicyclic amines) is 1. The number of aromatic nitrogens is 1. The zero-order valence-corrected chi connectivity index (χ0v) is 27.9. The highest BCUT2D eigenvalue weighted by Crippen LogP contribution is 2.47. The third-order valence-electron chi connectivity index (χ3n) is 10.6. The summed E-state index contributed by atoms with van der Waals surface area (Å²) in [6, 6.07) is 14.4. The zero-order valence-electron chi connectivity index (χ0n) is 27.1. The second kappa shape index (κ2) is 11.7. The van der Waals surface area contributed by atoms with E-state index in [-0.39, 0.29) is 36.1 Å². The highest BCUT2D eigenvalue weighted by molar-refractivity contribution is 7.85. The van der Waals surface area contributed by atoms with Crippen molar-refractivity contribution in [3.63, 3.8) is 0 Å². The van der Waals surface area contributed by atoms with Crippen LogP contribution < -0.4 is 5.32 Å². The Balaban J connectivity index is 0.000000681. The summed E-state index contributed by atoms with van der Waals surface area (Å²) in [4.78, 5) is 50.4. The largest absolute Gasteiger partial charge is 0.361 e. The van der Waals surface area contributed by atoms with Gasteiger partial charge >= 0.3 is 0 Å². The number of benzene rings is 2. The molecule has 3 amide bonds. The second-order valence-electron chi connectivity index (χ2n) is 13.9. The molecule has 5 aliphatic rings. The first-order chi connectivity index (χ1) is 22.7. The molecule has 5 heterocycles. The summed E-state index contributed by atoms with van der Waals surface area (Å²) in [6.45, 7) is 2.56. The number of ether oxygens (including phenoxy) is 1. The molecule has 1 aliphatic carbocycles. The van der Waals surface area contributed by atoms with Gasteiger partial charge in [-0.15, -0.1) is 0 Å². The number of H-pyrrole nitrogens is 1. The van der Waals surface area contributed by atoms with Crippen LogP contribution in [0.25, 0.3) is 10.9 Å². The number of rotatable bonds is 4. The first kappa shape index (κ1) is 32.7. The van der Waals surface area contributed by atoms with Crippen LogP contribution in [-0.4, -0.2) is 112 Å². The topological polar surface area (TPSA) is 173 Å². The van der Waals surface area contributed by atoms with Gasteiger partial charge in [0.15, 0.2) is 0 Å². The number of fused-ring (bicyclic) bond motifs is 5. The van der Waals surface area contributed by atoms with Gasteiger partial charge in [-0.1, -0.05) is 42.5 Å². The van der Waals surface area contributed by atoms with Gasteiger partial charge in [0, 0.05) is 48.6 Å². The average Bonchev–Trinajstić information content (AvgIpc) is 3.73. The van der Waals surface area contributed by atoms with Crippen molar-refractivity contribution >= 4 is 38.7 Å². The number of nitrogens with zero attached hydrogens (tertiary/aromatic N) is 3. The number of nitrogens with one attached hydrogen (secondary N) is 2. The molecule has 0 unspecified atom stereocenters. The summed E-state index contributed by atoms with van der Waals surface area (Å²) in [5.74, 6) is -3.31. The molecule has 256 valence electrons. The number of piperazine rings is 1. The highest BCUT2D eigenvalue weighted by atomic mass is 32.2. The Bertz CT molecular complexity index is 1880. The Hall–Kier alpha value is -3.82. The Kier molecular flexibility index (Phi) is 7.94. The molecular formula is C34H41N5O8S. The fraction of sp³-hybridized carbons (Fsp3) is 0.500. The summed E-state index contributed by atoms with van der Waals surface area (Å²) >= 11 is 0. The van der Waals surface area contributed by atoms with Crippen molar-refractivity contribution in [2.45, 2.75) is 74.7 Å². The van der Waals surface area contributed by atoms with Gasteiger partial charge in [-0.3, -0.25) is 28.6 Å². The third kappa shape index (κ3) is 5.49. The predicted octanol–water partition coefficient (Wildman–Crippen LogP) is 1.59. The van der Waals surface area contributed by atoms with E-state index in [4.69, 9.17) is 9.29 Å². The number of hydrogen-bond acceptors (Lipinski definition) is 8. The molecule has 1 aromatic heterocycles. The van der Waals surface area contributed by atoms with Gasteiger partial charge in [-0.05, 0) is 62.4 Å². The number of carbonyl (C=O) groups is 3. The van der Waals surface area contributed by atoms with Gasteiger partial charge in [0.1, 0.15) is 12.1 Å². The summed E-state index contributed by atoms with van der Waals surface area (Å²) in [7, 11) is -1.61. The number of amides is 3. The average molecular weight is 680 g/mol. The normalized spacial score (nSPS) is 32.7. The van der Waals surface area contributed by atoms with E-state index in [0.29, 0.717) is 38.6 Å². The fourth-order valence-corrected chi connectivity index (χ4v) is 8.65. The standard InChI is InChI=1S/C33H37N5O5.CH4O3S/c1-32(35-29(39)21-15-23-22-10-6-11-24-28(22)20(17-34-24)16-25(23)36(2)18-21)31(41)38-26(14-19-8-4-3-5-9-19)30(40)37-13-7-12-27(37)33(38,42)43-32;1-5(2,3)4/h3-6,8-11,17,21,23,25-27,34,42H,7,12-16,18H2,1-2H3,(H,35,39);1H3,(H,2,3,4)/t21-,23+,25-,26+,27+,32-,33+;/m1./s1. The molecule has 0 bridgehead atoms. The number of carbonyl (C=O) groups excluding carboxylic acids is 3. The molecule has 7 atom stereocenters. The van der Waals surface area contributed by atoms with Crippen molar-refractivity contribution in [2.75, 3.05) is 26.4 Å². The molecule has 0 radical (unpaired) electrons. The van der Waals surface area contributed by atoms with E-state index in [1.807, 2.05) is 30.3 Å². The zero-order chi connectivity index (χ0) is 34.2. The van der Waals surface area contributed by atoms with Crippen LogP contribution in [0.1, 0.15) is 48.8 Å². The molecular weight excluding hydrogens is 638 g/mol. The van der Waals surface area contributed by atoms with Crippen LogP contribution in [0.2, 0.25) is 0 Å². The van der Waals surface area contributed by atoms with Gasteiger partial charge in [0.05, 0.1) is 12.2 Å². The summed E-state index contributed by atoms with van der Waals surface area (Å²) in [5, 5.41) is 16.2. The Morgan fingerprint density at radius 1 is 1.15 bits per heavy atom. The van der Waals surface area contributed by atoms with E-state index >= 15 is 0 Å². The molecule has 4 N–H and O–H groups in total. The summed E-state index contributed by atoms with van der Waals surface area (Å²) in [6.07, 6.45) is 5.84. The van der Waals surface area contributed by atoms with Gasteiger partial charge in [0.25, 0.3) is 21.9 Å². The Morgan fingerprint density at radius 2 is 1.88 bits per heavy atom. The smallest absolute Gasteiger partial charge is 0.280 e. The first-order valence-electron chi connectivity index (χ1n) is 16.3. The molecule has 2 aromatic carbocycles. The van der Waals surface area contributed by atoms with Crippen LogP contribution in [0, 0.1) is 5.92 Å². The number of hydrogen-bond donors (Lipinski definition) is 4. The second-order valence-corrected chi connectivity index (χ2v) is 15.4. The van der Waals surface area contributed by atoms with E-state index in [1.54, 1.807) is 4.90 Å². The van der Waals surface area contributed by atoms with E-state index in [0.717, 1.165) is 17.5 Å². The van der Waals surface area contributed by atoms with E-state index in [1.165, 1.54) is 28.3 Å². The molecule has 4 fully saturated rings. The molecule has 14 heteroatoms. The molecule has 3 aromatic rings. The lowest BCUT2D eigenvalue weighted by molar-refractivity contribution is -0.315. The number of aliphatic hydroxyl groups is 1. The maximum absolute atomic E-state index is 14.2. The molecule has 8 rings (SSSR count). The lowest BCUT2D eigenvalue weighted by Gasteiger charge is -2.48. The molecule has 0 saturated carbocycles. The summed E-state index contributed by atoms with van der Waals surface area (Å²) in [5.41, 5.74) is 2.74. The van der Waals surface area contributed by atoms with Crippen LogP contribution >= 0.6 is 0 Å². The molecule has 4 saturated heterocycles. The van der Waals surface area contributed by atoms with Crippen molar-refractivity contribution in [2.24, 2.45) is 5.92 Å². The van der Waals surface area contributed by atoms with Gasteiger partial charge < -0.3 is 25.2 Å². The Morgan fingerprint density at radius 3 is 2.60 bits per heavy atom. The summed E-state index contributed by atoms with van der Waals surface area (Å²) < 4.78 is 32.1. The van der Waals surface area contributed by atoms with Crippen LogP contribution in [0.3, 0.4) is 0 Å². The van der Waals surface area contributed by atoms with Crippen LogP contribution in [0.5, 0.6) is 0 Å². The lowest BCUT2D eigenvalue weighted by Crippen LogP contribution is -2.71. The monoisotopic (exact) mass is 679 g/mol. The van der Waals surface area contributed by atoms with Crippen LogP contribution in [0.4, 0.5) is 0 Å². The van der Waals surface area contributed by atoms with Gasteiger partial charge in [0.2, 0.25) is 17.5 Å². The number of aromatic amines is 1. The number of likely N-dealkylation sites (N-methyl/N-ethyl adjacent to an activating group) is 1. The predicted molar refractivity (Wildman–Crippen MR) is 175 cm³/mol. The van der Waals surface area contributed by atoms with Crippen molar-refractivity contribution < 1.29 is 37.2 Å². The first-order valence-corrected chi connectivity index (χ1v) is 18.2. The maximum atomic E-state index is 14.2. The number of piperidine rings is 1.